The number of anilines is 1. The minimum absolute atomic E-state index is 0.142. The molecule has 0 aliphatic heterocycles. The first-order chi connectivity index (χ1) is 8.19. The van der Waals surface area contributed by atoms with Gasteiger partial charge >= 0.3 is 12.1 Å². The van der Waals surface area contributed by atoms with Crippen LogP contribution >= 0.6 is 22.6 Å². The van der Waals surface area contributed by atoms with Crippen LogP contribution in [0.4, 0.5) is 10.6 Å². The first kappa shape index (κ1) is 14.6. The minimum atomic E-state index is -1.27. The van der Waals surface area contributed by atoms with E-state index in [-0.39, 0.29) is 11.5 Å². The fraction of sp³-hybridized carbons (Fsp3) is 0.400. The molecule has 98 valence electrons. The number of nitrogens with one attached hydrogen (secondary N) is 1. The van der Waals surface area contributed by atoms with E-state index in [0.29, 0.717) is 3.70 Å². The van der Waals surface area contributed by atoms with Crippen LogP contribution in [0.3, 0.4) is 0 Å². The SMILES string of the molecule is CC(C)(C)OC(=O)Nc1ncc(I)nc1C(=O)O. The number of carbonyl (C=O) groups is 2. The van der Waals surface area contributed by atoms with Crippen LogP contribution in [-0.2, 0) is 4.74 Å². The Balaban J connectivity index is 2.91. The van der Waals surface area contributed by atoms with Crippen molar-refractivity contribution in [3.8, 4) is 0 Å². The fourth-order valence-electron chi connectivity index (χ4n) is 1.01. The van der Waals surface area contributed by atoms with Crippen molar-refractivity contribution < 1.29 is 19.4 Å². The van der Waals surface area contributed by atoms with Crippen LogP contribution in [0, 0.1) is 3.70 Å². The van der Waals surface area contributed by atoms with Gasteiger partial charge in [-0.2, -0.15) is 0 Å². The van der Waals surface area contributed by atoms with Gasteiger partial charge in [-0.25, -0.2) is 19.6 Å². The van der Waals surface area contributed by atoms with Gasteiger partial charge in [0, 0.05) is 0 Å². The molecule has 0 saturated carbocycles. The van der Waals surface area contributed by atoms with Crippen molar-refractivity contribution in [3.63, 3.8) is 0 Å². The van der Waals surface area contributed by atoms with Crippen LogP contribution in [0.2, 0.25) is 0 Å². The lowest BCUT2D eigenvalue weighted by atomic mass is 10.2. The number of carboxylic acids is 1. The third kappa shape index (κ3) is 4.43. The van der Waals surface area contributed by atoms with Gasteiger partial charge in [0.25, 0.3) is 0 Å². The number of aromatic carboxylic acids is 1. The minimum Gasteiger partial charge on any atom is -0.476 e. The predicted octanol–water partition coefficient (Wildman–Crippen LogP) is 2.13. The van der Waals surface area contributed by atoms with Gasteiger partial charge in [-0.15, -0.1) is 0 Å². The highest BCUT2D eigenvalue weighted by molar-refractivity contribution is 14.1. The summed E-state index contributed by atoms with van der Waals surface area (Å²) in [7, 11) is 0. The number of aromatic nitrogens is 2. The van der Waals surface area contributed by atoms with Crippen LogP contribution in [0.5, 0.6) is 0 Å². The number of ether oxygens (including phenoxy) is 1. The molecule has 1 aromatic heterocycles. The molecule has 0 aliphatic rings. The van der Waals surface area contributed by atoms with Crippen molar-refractivity contribution in [2.24, 2.45) is 0 Å². The summed E-state index contributed by atoms with van der Waals surface area (Å²) in [4.78, 5) is 30.0. The summed E-state index contributed by atoms with van der Waals surface area (Å²) >= 11 is 1.83. The third-order valence-corrected chi connectivity index (χ3v) is 2.08. The summed E-state index contributed by atoms with van der Waals surface area (Å²) in [5.74, 6) is -1.41. The Morgan fingerprint density at radius 2 is 2.06 bits per heavy atom. The highest BCUT2D eigenvalue weighted by Crippen LogP contribution is 2.14. The van der Waals surface area contributed by atoms with Crippen molar-refractivity contribution >= 4 is 40.5 Å². The van der Waals surface area contributed by atoms with E-state index in [2.05, 4.69) is 15.3 Å². The zero-order valence-corrected chi connectivity index (χ0v) is 12.2. The second-order valence-corrected chi connectivity index (χ2v) is 5.43. The molecule has 18 heavy (non-hydrogen) atoms. The molecule has 0 spiro atoms. The predicted molar refractivity (Wildman–Crippen MR) is 71.6 cm³/mol. The lowest BCUT2D eigenvalue weighted by molar-refractivity contribution is 0.0635. The van der Waals surface area contributed by atoms with Crippen molar-refractivity contribution in [3.05, 3.63) is 15.6 Å². The second kappa shape index (κ2) is 5.46. The number of rotatable bonds is 2. The molecule has 0 saturated heterocycles. The van der Waals surface area contributed by atoms with Gasteiger partial charge in [-0.05, 0) is 43.4 Å². The Kier molecular flexibility index (Phi) is 4.43. The van der Waals surface area contributed by atoms with Crippen LogP contribution in [0.25, 0.3) is 0 Å². The molecule has 0 fully saturated rings. The normalized spacial score (nSPS) is 10.9. The maximum atomic E-state index is 11.5. The van der Waals surface area contributed by atoms with Gasteiger partial charge in [0.1, 0.15) is 9.30 Å². The summed E-state index contributed by atoms with van der Waals surface area (Å²) in [6.45, 7) is 5.10. The molecule has 1 aromatic rings. The zero-order chi connectivity index (χ0) is 13.9. The van der Waals surface area contributed by atoms with Crippen LogP contribution in [0.1, 0.15) is 31.3 Å². The van der Waals surface area contributed by atoms with Crippen LogP contribution in [-0.4, -0.2) is 32.7 Å². The van der Waals surface area contributed by atoms with Gasteiger partial charge in [0.05, 0.1) is 6.20 Å². The van der Waals surface area contributed by atoms with Crippen molar-refractivity contribution in [2.75, 3.05) is 5.32 Å². The summed E-state index contributed by atoms with van der Waals surface area (Å²) in [6, 6.07) is 0. The molecular weight excluding hydrogens is 353 g/mol. The van der Waals surface area contributed by atoms with E-state index < -0.39 is 17.7 Å². The van der Waals surface area contributed by atoms with Crippen LogP contribution in [0.15, 0.2) is 6.20 Å². The molecule has 0 aromatic carbocycles. The van der Waals surface area contributed by atoms with Crippen molar-refractivity contribution in [1.82, 2.24) is 9.97 Å². The highest BCUT2D eigenvalue weighted by Gasteiger charge is 2.20. The molecule has 7 nitrogen and oxygen atoms in total. The molecule has 2 N–H and O–H groups in total. The molecule has 0 unspecified atom stereocenters. The van der Waals surface area contributed by atoms with Gasteiger partial charge in [0.2, 0.25) is 0 Å². The van der Waals surface area contributed by atoms with E-state index in [4.69, 9.17) is 9.84 Å². The Morgan fingerprint density at radius 3 is 2.56 bits per heavy atom. The summed E-state index contributed by atoms with van der Waals surface area (Å²) in [6.07, 6.45) is 0.570. The smallest absolute Gasteiger partial charge is 0.413 e. The zero-order valence-electron chi connectivity index (χ0n) is 10.0. The lowest BCUT2D eigenvalue weighted by Crippen LogP contribution is -2.28. The van der Waals surface area contributed by atoms with Gasteiger partial charge in [-0.1, -0.05) is 0 Å². The Morgan fingerprint density at radius 1 is 1.44 bits per heavy atom. The second-order valence-electron chi connectivity index (χ2n) is 4.32. The maximum Gasteiger partial charge on any atom is 0.413 e. The molecule has 1 rings (SSSR count). The van der Waals surface area contributed by atoms with E-state index in [1.165, 1.54) is 6.20 Å². The van der Waals surface area contributed by atoms with Crippen molar-refractivity contribution in [1.29, 1.82) is 0 Å². The van der Waals surface area contributed by atoms with E-state index in [0.717, 1.165) is 0 Å². The van der Waals surface area contributed by atoms with Gasteiger partial charge in [0.15, 0.2) is 11.5 Å². The number of nitrogens with zero attached hydrogens (tertiary/aromatic N) is 2. The number of halogens is 1. The Bertz CT molecular complexity index is 485. The number of carbonyl (C=O) groups excluding carboxylic acids is 1. The van der Waals surface area contributed by atoms with E-state index in [1.807, 2.05) is 22.6 Å². The van der Waals surface area contributed by atoms with E-state index >= 15 is 0 Å². The van der Waals surface area contributed by atoms with Gasteiger partial charge < -0.3 is 9.84 Å². The summed E-state index contributed by atoms with van der Waals surface area (Å²) < 4.78 is 5.41. The monoisotopic (exact) mass is 365 g/mol. The molecule has 8 heteroatoms. The number of hydrogen-bond acceptors (Lipinski definition) is 5. The molecule has 0 bridgehead atoms. The maximum absolute atomic E-state index is 11.5. The van der Waals surface area contributed by atoms with Gasteiger partial charge in [-0.3, -0.25) is 5.32 Å². The standard InChI is InChI=1S/C10H12IN3O4/c1-10(2,3)18-9(17)14-7-6(8(15)16)13-5(11)4-12-7/h4H,1-3H3,(H,15,16)(H,12,14,17). The van der Waals surface area contributed by atoms with Crippen molar-refractivity contribution in [2.45, 2.75) is 26.4 Å². The summed E-state index contributed by atoms with van der Waals surface area (Å²) in [5.41, 5.74) is -1.00. The first-order valence-corrected chi connectivity index (χ1v) is 6.03. The average Bonchev–Trinajstić information content (AvgIpc) is 2.17. The highest BCUT2D eigenvalue weighted by atomic mass is 127. The molecule has 0 radical (unpaired) electrons. The molecule has 0 aliphatic carbocycles. The average molecular weight is 365 g/mol. The number of amides is 1. The molecule has 0 atom stereocenters. The molecular formula is C10H12IN3O4. The first-order valence-electron chi connectivity index (χ1n) is 4.95. The van der Waals surface area contributed by atoms with E-state index in [1.54, 1.807) is 20.8 Å². The topological polar surface area (TPSA) is 101 Å². The fourth-order valence-corrected chi connectivity index (χ4v) is 1.39. The number of carboxylic acid groups (broad SMARTS) is 1. The van der Waals surface area contributed by atoms with E-state index in [9.17, 15) is 9.59 Å². The quantitative estimate of drug-likeness (QED) is 0.779. The molecule has 1 heterocycles. The largest absolute Gasteiger partial charge is 0.476 e. The molecule has 1 amide bonds. The lowest BCUT2D eigenvalue weighted by Gasteiger charge is -2.19. The Hall–Kier alpha value is -1.45. The number of hydrogen-bond donors (Lipinski definition) is 2. The van der Waals surface area contributed by atoms with Crippen LogP contribution < -0.4 is 5.32 Å². The third-order valence-electron chi connectivity index (χ3n) is 1.57. The summed E-state index contributed by atoms with van der Waals surface area (Å²) in [5, 5.41) is 11.2. The Labute approximate surface area is 117 Å².